The largest absolute Gasteiger partial charge is 0.361 e. The van der Waals surface area contributed by atoms with Crippen LogP contribution in [0.2, 0.25) is 0 Å². The molecule has 17 heavy (non-hydrogen) atoms. The minimum atomic E-state index is 0.722. The van der Waals surface area contributed by atoms with Crippen LogP contribution in [0.15, 0.2) is 16.7 Å². The highest BCUT2D eigenvalue weighted by Gasteiger charge is 2.14. The van der Waals surface area contributed by atoms with Crippen molar-refractivity contribution < 1.29 is 4.52 Å². The van der Waals surface area contributed by atoms with E-state index in [1.54, 1.807) is 0 Å². The molecule has 0 amide bonds. The number of hydrogen-bond donors (Lipinski definition) is 1. The van der Waals surface area contributed by atoms with Gasteiger partial charge in [0.25, 0.3) is 0 Å². The molecular formula is C12H12N4O. The molecule has 0 atom stereocenters. The van der Waals surface area contributed by atoms with Crippen LogP contribution < -0.4 is 0 Å². The topological polar surface area (TPSA) is 67.6 Å². The highest BCUT2D eigenvalue weighted by Crippen LogP contribution is 2.26. The lowest BCUT2D eigenvalue weighted by Gasteiger charge is -1.98. The maximum Gasteiger partial charge on any atom is 0.181 e. The number of fused-ring (bicyclic) bond motifs is 1. The standard InChI is InChI=1S/C12H12N4O/c1-6-9-4-5-10(13-12(9)15-14-6)11-7(2)16-17-8(11)3/h4-5H,1-3H3,(H,13,14,15). The summed E-state index contributed by atoms with van der Waals surface area (Å²) in [6, 6.07) is 3.99. The first kappa shape index (κ1) is 10.0. The summed E-state index contributed by atoms with van der Waals surface area (Å²) >= 11 is 0. The van der Waals surface area contributed by atoms with E-state index in [2.05, 4.69) is 20.3 Å². The van der Waals surface area contributed by atoms with Gasteiger partial charge in [0, 0.05) is 11.1 Å². The van der Waals surface area contributed by atoms with Gasteiger partial charge in [-0.05, 0) is 32.9 Å². The Hall–Kier alpha value is -2.17. The smallest absolute Gasteiger partial charge is 0.181 e. The molecular weight excluding hydrogens is 216 g/mol. The van der Waals surface area contributed by atoms with Gasteiger partial charge in [0.1, 0.15) is 5.76 Å². The summed E-state index contributed by atoms with van der Waals surface area (Å²) in [6.07, 6.45) is 0. The predicted molar refractivity (Wildman–Crippen MR) is 63.6 cm³/mol. The molecule has 1 N–H and O–H groups in total. The molecule has 0 aliphatic heterocycles. The fourth-order valence-corrected chi connectivity index (χ4v) is 2.01. The number of hydrogen-bond acceptors (Lipinski definition) is 4. The summed E-state index contributed by atoms with van der Waals surface area (Å²) in [4.78, 5) is 4.52. The van der Waals surface area contributed by atoms with Gasteiger partial charge in [0.2, 0.25) is 0 Å². The van der Waals surface area contributed by atoms with E-state index in [9.17, 15) is 0 Å². The van der Waals surface area contributed by atoms with Gasteiger partial charge in [0.05, 0.1) is 17.0 Å². The third-order valence-corrected chi connectivity index (χ3v) is 2.90. The van der Waals surface area contributed by atoms with Crippen molar-refractivity contribution in [2.75, 3.05) is 0 Å². The van der Waals surface area contributed by atoms with Crippen molar-refractivity contribution in [3.05, 3.63) is 29.3 Å². The number of aryl methyl sites for hydroxylation is 3. The molecule has 0 bridgehead atoms. The van der Waals surface area contributed by atoms with E-state index >= 15 is 0 Å². The van der Waals surface area contributed by atoms with Crippen molar-refractivity contribution in [2.24, 2.45) is 0 Å². The van der Waals surface area contributed by atoms with Gasteiger partial charge in [-0.2, -0.15) is 5.10 Å². The second kappa shape index (κ2) is 3.41. The summed E-state index contributed by atoms with van der Waals surface area (Å²) in [5.41, 5.74) is 4.40. The average Bonchev–Trinajstić information content (AvgIpc) is 2.83. The monoisotopic (exact) mass is 228 g/mol. The van der Waals surface area contributed by atoms with Gasteiger partial charge in [-0.25, -0.2) is 4.98 Å². The van der Waals surface area contributed by atoms with E-state index in [-0.39, 0.29) is 0 Å². The van der Waals surface area contributed by atoms with E-state index in [4.69, 9.17) is 4.52 Å². The van der Waals surface area contributed by atoms with Gasteiger partial charge < -0.3 is 4.52 Å². The first-order chi connectivity index (χ1) is 8.16. The van der Waals surface area contributed by atoms with Crippen molar-refractivity contribution in [1.29, 1.82) is 0 Å². The Labute approximate surface area is 97.8 Å². The second-order valence-corrected chi connectivity index (χ2v) is 4.12. The van der Waals surface area contributed by atoms with Gasteiger partial charge in [-0.15, -0.1) is 0 Å². The first-order valence-corrected chi connectivity index (χ1v) is 5.42. The van der Waals surface area contributed by atoms with Crippen molar-refractivity contribution in [3.63, 3.8) is 0 Å². The minimum Gasteiger partial charge on any atom is -0.361 e. The minimum absolute atomic E-state index is 0.722. The molecule has 0 aliphatic rings. The number of rotatable bonds is 1. The Kier molecular flexibility index (Phi) is 2.01. The Balaban J connectivity index is 2.25. The van der Waals surface area contributed by atoms with Crippen LogP contribution in [0.25, 0.3) is 22.3 Å². The molecule has 0 unspecified atom stereocenters. The van der Waals surface area contributed by atoms with E-state index in [0.29, 0.717) is 0 Å². The lowest BCUT2D eigenvalue weighted by atomic mass is 10.1. The normalized spacial score (nSPS) is 11.2. The Morgan fingerprint density at radius 1 is 1.18 bits per heavy atom. The number of nitrogens with zero attached hydrogens (tertiary/aromatic N) is 3. The molecule has 3 rings (SSSR count). The molecule has 0 fully saturated rings. The summed E-state index contributed by atoms with van der Waals surface area (Å²) in [6.45, 7) is 5.77. The molecule has 3 heterocycles. The highest BCUT2D eigenvalue weighted by atomic mass is 16.5. The Bertz CT molecular complexity index is 676. The number of H-pyrrole nitrogens is 1. The summed E-state index contributed by atoms with van der Waals surface area (Å²) in [5, 5.41) is 12.1. The SMILES string of the molecule is Cc1noc(C)c1-c1ccc2c(C)[nH]nc2n1. The third-order valence-electron chi connectivity index (χ3n) is 2.90. The molecule has 0 saturated carbocycles. The molecule has 0 saturated heterocycles. The van der Waals surface area contributed by atoms with Crippen LogP contribution in [0.4, 0.5) is 0 Å². The van der Waals surface area contributed by atoms with Gasteiger partial charge in [-0.1, -0.05) is 5.16 Å². The fourth-order valence-electron chi connectivity index (χ4n) is 2.01. The maximum absolute atomic E-state index is 5.15. The van der Waals surface area contributed by atoms with Crippen molar-refractivity contribution in [2.45, 2.75) is 20.8 Å². The second-order valence-electron chi connectivity index (χ2n) is 4.12. The average molecular weight is 228 g/mol. The number of nitrogens with one attached hydrogen (secondary N) is 1. The van der Waals surface area contributed by atoms with Crippen LogP contribution in [0.3, 0.4) is 0 Å². The maximum atomic E-state index is 5.15. The highest BCUT2D eigenvalue weighted by molar-refractivity contribution is 5.81. The quantitative estimate of drug-likeness (QED) is 0.695. The Morgan fingerprint density at radius 3 is 2.71 bits per heavy atom. The molecule has 3 aromatic heterocycles. The van der Waals surface area contributed by atoms with Crippen LogP contribution in [0, 0.1) is 20.8 Å². The van der Waals surface area contributed by atoms with Crippen LogP contribution in [0.1, 0.15) is 17.1 Å². The number of aromatic amines is 1. The molecule has 5 heteroatoms. The summed E-state index contributed by atoms with van der Waals surface area (Å²) in [5.74, 6) is 0.779. The van der Waals surface area contributed by atoms with E-state index < -0.39 is 0 Å². The summed E-state index contributed by atoms with van der Waals surface area (Å²) in [7, 11) is 0. The first-order valence-electron chi connectivity index (χ1n) is 5.42. The molecule has 5 nitrogen and oxygen atoms in total. The van der Waals surface area contributed by atoms with Gasteiger partial charge in [-0.3, -0.25) is 5.10 Å². The lowest BCUT2D eigenvalue weighted by Crippen LogP contribution is -1.87. The Morgan fingerprint density at radius 2 is 2.00 bits per heavy atom. The molecule has 0 radical (unpaired) electrons. The van der Waals surface area contributed by atoms with Gasteiger partial charge >= 0.3 is 0 Å². The lowest BCUT2D eigenvalue weighted by molar-refractivity contribution is 0.393. The molecule has 0 spiro atoms. The van der Waals surface area contributed by atoms with Crippen molar-refractivity contribution in [1.82, 2.24) is 20.3 Å². The van der Waals surface area contributed by atoms with Crippen LogP contribution in [-0.4, -0.2) is 20.3 Å². The molecule has 0 aromatic carbocycles. The summed E-state index contributed by atoms with van der Waals surface area (Å²) < 4.78 is 5.15. The fraction of sp³-hybridized carbons (Fsp3) is 0.250. The van der Waals surface area contributed by atoms with E-state index in [0.717, 1.165) is 39.4 Å². The van der Waals surface area contributed by atoms with Crippen molar-refractivity contribution >= 4 is 11.0 Å². The predicted octanol–water partition coefficient (Wildman–Crippen LogP) is 2.54. The molecule has 86 valence electrons. The van der Waals surface area contributed by atoms with E-state index in [1.807, 2.05) is 32.9 Å². The third kappa shape index (κ3) is 1.43. The van der Waals surface area contributed by atoms with E-state index in [1.165, 1.54) is 0 Å². The zero-order chi connectivity index (χ0) is 12.0. The zero-order valence-corrected chi connectivity index (χ0v) is 9.90. The van der Waals surface area contributed by atoms with Crippen LogP contribution in [-0.2, 0) is 0 Å². The molecule has 3 aromatic rings. The number of pyridine rings is 1. The van der Waals surface area contributed by atoms with Crippen molar-refractivity contribution in [3.8, 4) is 11.3 Å². The van der Waals surface area contributed by atoms with Gasteiger partial charge in [0.15, 0.2) is 5.65 Å². The number of aromatic nitrogens is 4. The zero-order valence-electron chi connectivity index (χ0n) is 9.90. The van der Waals surface area contributed by atoms with Crippen LogP contribution in [0.5, 0.6) is 0 Å². The molecule has 0 aliphatic carbocycles. The van der Waals surface area contributed by atoms with Crippen LogP contribution >= 0.6 is 0 Å².